The number of urea groups is 1. The summed E-state index contributed by atoms with van der Waals surface area (Å²) in [4.78, 5) is 36.8. The third kappa shape index (κ3) is 2.30. The molecule has 7 nitrogen and oxygen atoms in total. The number of nitrogens with two attached hydrogens (primary N) is 1. The molecule has 2 atom stereocenters. The average Bonchev–Trinajstić information content (AvgIpc) is 2.81. The molecule has 2 rings (SSSR count). The molecule has 4 N–H and O–H groups in total. The first kappa shape index (κ1) is 13.8. The molecule has 2 aliphatic rings. The van der Waals surface area contributed by atoms with Gasteiger partial charge in [-0.1, -0.05) is 20.8 Å². The van der Waals surface area contributed by atoms with Gasteiger partial charge < -0.3 is 16.0 Å². The number of nitrogens with zero attached hydrogens (tertiary/aromatic N) is 1. The van der Waals surface area contributed by atoms with E-state index in [1.54, 1.807) is 4.90 Å². The number of carbonyl (C=O) groups is 3. The number of carbonyl (C=O) groups excluding carboxylic acids is 3. The molecule has 0 aromatic rings. The van der Waals surface area contributed by atoms with E-state index in [9.17, 15) is 14.4 Å². The second-order valence-electron chi connectivity index (χ2n) is 6.34. The molecule has 0 bridgehead atoms. The molecule has 0 radical (unpaired) electrons. The molecule has 0 aromatic carbocycles. The third-order valence-corrected chi connectivity index (χ3v) is 3.79. The largest absolute Gasteiger partial charge is 0.338 e. The van der Waals surface area contributed by atoms with E-state index in [0.717, 1.165) is 0 Å². The van der Waals surface area contributed by atoms with E-state index in [-0.39, 0.29) is 23.8 Å². The van der Waals surface area contributed by atoms with Crippen LogP contribution in [0.2, 0.25) is 0 Å². The molecular formula is C12H20N4O3. The van der Waals surface area contributed by atoms with Gasteiger partial charge >= 0.3 is 6.03 Å². The fourth-order valence-corrected chi connectivity index (χ4v) is 2.38. The fourth-order valence-electron chi connectivity index (χ4n) is 2.38. The Labute approximate surface area is 111 Å². The van der Waals surface area contributed by atoms with Crippen molar-refractivity contribution >= 4 is 17.8 Å². The zero-order valence-corrected chi connectivity index (χ0v) is 11.4. The molecule has 0 aromatic heterocycles. The van der Waals surface area contributed by atoms with Gasteiger partial charge in [-0.3, -0.25) is 14.9 Å². The number of imide groups is 1. The summed E-state index contributed by atoms with van der Waals surface area (Å²) in [6.07, 6.45) is 0.424. The number of nitrogens with one attached hydrogen (secondary N) is 2. The van der Waals surface area contributed by atoms with Crippen molar-refractivity contribution in [3.05, 3.63) is 0 Å². The molecule has 2 fully saturated rings. The second-order valence-corrected chi connectivity index (χ2v) is 6.34. The lowest BCUT2D eigenvalue weighted by molar-refractivity contribution is -0.134. The van der Waals surface area contributed by atoms with Crippen LogP contribution in [0.25, 0.3) is 0 Å². The van der Waals surface area contributed by atoms with E-state index in [4.69, 9.17) is 5.73 Å². The molecule has 2 heterocycles. The predicted molar refractivity (Wildman–Crippen MR) is 68.0 cm³/mol. The average molecular weight is 268 g/mol. The lowest BCUT2D eigenvalue weighted by atomic mass is 9.86. The van der Waals surface area contributed by atoms with Gasteiger partial charge in [-0.05, 0) is 11.8 Å². The van der Waals surface area contributed by atoms with Crippen LogP contribution in [0.5, 0.6) is 0 Å². The van der Waals surface area contributed by atoms with Gasteiger partial charge in [0.25, 0.3) is 5.91 Å². The maximum Gasteiger partial charge on any atom is 0.322 e. The van der Waals surface area contributed by atoms with E-state index in [0.29, 0.717) is 13.0 Å². The summed E-state index contributed by atoms with van der Waals surface area (Å²) in [6, 6.07) is -1.12. The van der Waals surface area contributed by atoms with Gasteiger partial charge in [-0.25, -0.2) is 4.79 Å². The monoisotopic (exact) mass is 268 g/mol. The molecule has 106 valence electrons. The molecular weight excluding hydrogens is 248 g/mol. The smallest absolute Gasteiger partial charge is 0.322 e. The molecule has 0 aliphatic carbocycles. The van der Waals surface area contributed by atoms with E-state index in [1.807, 2.05) is 20.8 Å². The quantitative estimate of drug-likeness (QED) is 0.540. The lowest BCUT2D eigenvalue weighted by Gasteiger charge is -2.30. The normalized spacial score (nSPS) is 28.5. The van der Waals surface area contributed by atoms with Crippen molar-refractivity contribution < 1.29 is 14.4 Å². The van der Waals surface area contributed by atoms with Crippen LogP contribution in [-0.4, -0.2) is 47.4 Å². The number of hydrogen-bond donors (Lipinski definition) is 3. The Kier molecular flexibility index (Phi) is 3.04. The van der Waals surface area contributed by atoms with Gasteiger partial charge in [-0.2, -0.15) is 0 Å². The van der Waals surface area contributed by atoms with E-state index in [1.165, 1.54) is 0 Å². The van der Waals surface area contributed by atoms with Crippen molar-refractivity contribution in [2.24, 2.45) is 11.1 Å². The van der Waals surface area contributed by atoms with Crippen LogP contribution in [0.3, 0.4) is 0 Å². The first-order valence-corrected chi connectivity index (χ1v) is 6.34. The van der Waals surface area contributed by atoms with Crippen molar-refractivity contribution in [3.63, 3.8) is 0 Å². The molecule has 0 saturated carbocycles. The summed E-state index contributed by atoms with van der Waals surface area (Å²) >= 11 is 0. The molecule has 7 heteroatoms. The fraction of sp³-hybridized carbons (Fsp3) is 0.750. The van der Waals surface area contributed by atoms with Crippen LogP contribution < -0.4 is 16.4 Å². The van der Waals surface area contributed by atoms with Crippen molar-refractivity contribution in [2.75, 3.05) is 13.1 Å². The Bertz CT molecular complexity index is 443. The summed E-state index contributed by atoms with van der Waals surface area (Å²) in [5.74, 6) is -0.546. The van der Waals surface area contributed by atoms with E-state index < -0.39 is 17.6 Å². The van der Waals surface area contributed by atoms with Crippen LogP contribution in [-0.2, 0) is 9.59 Å². The van der Waals surface area contributed by atoms with E-state index in [2.05, 4.69) is 10.6 Å². The minimum atomic E-state index is -0.968. The van der Waals surface area contributed by atoms with Crippen molar-refractivity contribution in [1.82, 2.24) is 15.5 Å². The maximum absolute atomic E-state index is 12.3. The summed E-state index contributed by atoms with van der Waals surface area (Å²) < 4.78 is 0. The van der Waals surface area contributed by atoms with E-state index >= 15 is 0 Å². The molecule has 2 saturated heterocycles. The highest BCUT2D eigenvalue weighted by atomic mass is 16.2. The Morgan fingerprint density at radius 3 is 2.53 bits per heavy atom. The number of likely N-dealkylation sites (tertiary alicyclic amines) is 1. The molecule has 4 amide bonds. The predicted octanol–water partition coefficient (Wildman–Crippen LogP) is -0.830. The van der Waals surface area contributed by atoms with Crippen LogP contribution in [0.15, 0.2) is 0 Å². The molecule has 2 unspecified atom stereocenters. The van der Waals surface area contributed by atoms with Crippen LogP contribution in [0.1, 0.15) is 27.2 Å². The maximum atomic E-state index is 12.3. The van der Waals surface area contributed by atoms with Crippen molar-refractivity contribution in [1.29, 1.82) is 0 Å². The summed E-state index contributed by atoms with van der Waals surface area (Å²) in [7, 11) is 0. The Morgan fingerprint density at radius 2 is 2.05 bits per heavy atom. The van der Waals surface area contributed by atoms with Gasteiger partial charge in [0, 0.05) is 6.54 Å². The van der Waals surface area contributed by atoms with Gasteiger partial charge in [0.15, 0.2) is 0 Å². The Morgan fingerprint density at radius 1 is 1.42 bits per heavy atom. The number of hydrogen-bond acceptors (Lipinski definition) is 4. The summed E-state index contributed by atoms with van der Waals surface area (Å²) in [5.41, 5.74) is 4.64. The van der Waals surface area contributed by atoms with Gasteiger partial charge in [0.2, 0.25) is 5.91 Å². The molecule has 19 heavy (non-hydrogen) atoms. The highest BCUT2D eigenvalue weighted by Crippen LogP contribution is 2.27. The van der Waals surface area contributed by atoms with Crippen molar-refractivity contribution in [3.8, 4) is 0 Å². The number of amides is 4. The highest BCUT2D eigenvalue weighted by molar-refractivity contribution is 6.07. The minimum Gasteiger partial charge on any atom is -0.338 e. The van der Waals surface area contributed by atoms with Gasteiger partial charge in [-0.15, -0.1) is 0 Å². The van der Waals surface area contributed by atoms with Gasteiger partial charge in [0.1, 0.15) is 5.54 Å². The summed E-state index contributed by atoms with van der Waals surface area (Å²) in [5, 5.41) is 4.82. The number of rotatable bonds is 1. The standard InChI is InChI=1S/C12H20N4O3/c1-11(2,3)7(13)8(17)16-5-4-12(6-16)9(18)14-10(19)15-12/h7H,4-6,13H2,1-3H3,(H2,14,15,18,19). The molecule has 2 aliphatic heterocycles. The Balaban J connectivity index is 2.09. The first-order chi connectivity index (χ1) is 8.66. The second kappa shape index (κ2) is 4.19. The zero-order chi connectivity index (χ0) is 14.4. The summed E-state index contributed by atoms with van der Waals surface area (Å²) in [6.45, 7) is 6.30. The van der Waals surface area contributed by atoms with Crippen LogP contribution >= 0.6 is 0 Å². The van der Waals surface area contributed by atoms with Gasteiger partial charge in [0.05, 0.1) is 12.6 Å². The zero-order valence-electron chi connectivity index (χ0n) is 11.4. The highest BCUT2D eigenvalue weighted by Gasteiger charge is 2.52. The first-order valence-electron chi connectivity index (χ1n) is 6.34. The van der Waals surface area contributed by atoms with Crippen molar-refractivity contribution in [2.45, 2.75) is 38.8 Å². The lowest BCUT2D eigenvalue weighted by Crippen LogP contribution is -2.53. The van der Waals surface area contributed by atoms with Crippen LogP contribution in [0, 0.1) is 5.41 Å². The SMILES string of the molecule is CC(C)(C)C(N)C(=O)N1CCC2(C1)NC(=O)NC2=O. The third-order valence-electron chi connectivity index (χ3n) is 3.79. The molecule has 1 spiro atoms. The minimum absolute atomic E-state index is 0.182. The topological polar surface area (TPSA) is 105 Å². The Hall–Kier alpha value is -1.63. The van der Waals surface area contributed by atoms with Crippen LogP contribution in [0.4, 0.5) is 4.79 Å².